The van der Waals surface area contributed by atoms with Gasteiger partial charge < -0.3 is 67.6 Å². The molecular formula is C80H80I2N10O8. The lowest BCUT2D eigenvalue weighted by Crippen LogP contribution is -3.00. The number of hydrogen-bond donors (Lipinski definition) is 2. The Hall–Kier alpha value is -9.68. The first kappa shape index (κ1) is 71.6. The molecule has 18 nitrogen and oxygen atoms in total. The SMILES string of the molecule is C[n+]1ccc(/C=C/c2cc3c(O)c(c2)Cc2cc(C(C)(C)C)cc(c2OCCCn2cc(CN4C(=O)C(=O)c5ccccc54)nn2)Cc2cc(/C=C/c4cc[n+](C)cc4)cc(c2O)Cc2cc(C(C)(C)C)cc(c2OCCCn2cc(CN4C(=O)C(=O)c5ccccc54)nn2)C3)cc1.[I-].[I-]. The Morgan fingerprint density at radius 3 is 1.13 bits per heavy atom. The van der Waals surface area contributed by atoms with Crippen molar-refractivity contribution in [1.29, 1.82) is 0 Å². The summed E-state index contributed by atoms with van der Waals surface area (Å²) in [6, 6.07) is 39.2. The zero-order valence-electron chi connectivity index (χ0n) is 57.4. The molecule has 512 valence electrons. The number of anilines is 2. The molecule has 13 rings (SSSR count). The lowest BCUT2D eigenvalue weighted by molar-refractivity contribution is -0.671. The normalized spacial score (nSPS) is 13.6. The number of phenols is 2. The van der Waals surface area contributed by atoms with Gasteiger partial charge in [-0.3, -0.25) is 38.3 Å². The van der Waals surface area contributed by atoms with E-state index in [1.165, 1.54) is 9.80 Å². The van der Waals surface area contributed by atoms with Crippen LogP contribution >= 0.6 is 0 Å². The van der Waals surface area contributed by atoms with Crippen molar-refractivity contribution in [2.24, 2.45) is 14.1 Å². The van der Waals surface area contributed by atoms with Gasteiger partial charge in [-0.25, -0.2) is 9.13 Å². The number of halogens is 2. The fourth-order valence-electron chi connectivity index (χ4n) is 13.0. The maximum absolute atomic E-state index is 13.1. The van der Waals surface area contributed by atoms with E-state index in [-0.39, 0.29) is 122 Å². The molecule has 8 bridgehead atoms. The van der Waals surface area contributed by atoms with Crippen LogP contribution in [0.2, 0.25) is 0 Å². The smallest absolute Gasteiger partial charge is 0.299 e. The first-order valence-corrected chi connectivity index (χ1v) is 33.3. The van der Waals surface area contributed by atoms with Crippen molar-refractivity contribution in [2.45, 2.75) is 117 Å². The van der Waals surface area contributed by atoms with E-state index in [0.29, 0.717) is 93.6 Å². The summed E-state index contributed by atoms with van der Waals surface area (Å²) in [6.45, 7) is 14.7. The highest BCUT2D eigenvalue weighted by atomic mass is 127. The Labute approximate surface area is 616 Å². The molecule has 0 saturated heterocycles. The number of aromatic nitrogens is 8. The monoisotopic (exact) mass is 1560 g/mol. The van der Waals surface area contributed by atoms with Crippen molar-refractivity contribution in [3.8, 4) is 23.0 Å². The number of ether oxygens (including phenoxy) is 2. The average Bonchev–Trinajstić information content (AvgIpc) is 1.12. The van der Waals surface area contributed by atoms with Crippen LogP contribution < -0.4 is 76.4 Å². The first-order chi connectivity index (χ1) is 47.1. The number of Topliss-reactive ketones (excluding diaryl/α,β-unsaturated/α-hetero) is 2. The van der Waals surface area contributed by atoms with E-state index in [2.05, 4.69) is 159 Å². The van der Waals surface area contributed by atoms with Gasteiger partial charge >= 0.3 is 0 Å². The van der Waals surface area contributed by atoms with Crippen molar-refractivity contribution in [3.63, 3.8) is 0 Å². The molecule has 2 aliphatic heterocycles. The highest BCUT2D eigenvalue weighted by molar-refractivity contribution is 6.52. The molecule has 10 aromatic rings. The van der Waals surface area contributed by atoms with Crippen molar-refractivity contribution in [1.82, 2.24) is 30.0 Å². The molecule has 20 heteroatoms. The summed E-state index contributed by atoms with van der Waals surface area (Å²) >= 11 is 0. The Balaban J connectivity index is 0.00000504. The van der Waals surface area contributed by atoms with E-state index >= 15 is 0 Å². The van der Waals surface area contributed by atoms with Crippen molar-refractivity contribution in [2.75, 3.05) is 23.0 Å². The minimum atomic E-state index is -0.596. The first-order valence-electron chi connectivity index (χ1n) is 33.3. The summed E-state index contributed by atoms with van der Waals surface area (Å²) in [5.41, 5.74) is 14.5. The van der Waals surface area contributed by atoms with Crippen LogP contribution in [0.4, 0.5) is 11.4 Å². The number of amides is 2. The predicted octanol–water partition coefficient (Wildman–Crippen LogP) is 5.95. The molecule has 6 heterocycles. The number of rotatable bonds is 18. The van der Waals surface area contributed by atoms with E-state index in [1.54, 1.807) is 70.3 Å². The van der Waals surface area contributed by atoms with E-state index in [1.807, 2.05) is 48.0 Å². The summed E-state index contributed by atoms with van der Waals surface area (Å²) in [5.74, 6) is -0.648. The van der Waals surface area contributed by atoms with Crippen LogP contribution in [0.3, 0.4) is 0 Å². The maximum atomic E-state index is 13.1. The van der Waals surface area contributed by atoms with E-state index < -0.39 is 23.4 Å². The van der Waals surface area contributed by atoms with E-state index in [9.17, 15) is 29.4 Å². The molecule has 0 unspecified atom stereocenters. The van der Waals surface area contributed by atoms with Crippen LogP contribution in [0.15, 0.2) is 159 Å². The van der Waals surface area contributed by atoms with E-state index in [0.717, 1.165) is 55.6 Å². The maximum Gasteiger partial charge on any atom is 0.299 e. The van der Waals surface area contributed by atoms with Gasteiger partial charge in [0.1, 0.15) is 48.5 Å². The third-order valence-corrected chi connectivity index (χ3v) is 18.4. The Morgan fingerprint density at radius 2 is 0.790 bits per heavy atom. The number of aromatic hydroxyl groups is 2. The van der Waals surface area contributed by atoms with Gasteiger partial charge in [0, 0.05) is 75.9 Å². The van der Waals surface area contributed by atoms with Gasteiger partial charge in [-0.2, -0.15) is 0 Å². The minimum Gasteiger partial charge on any atom is -1.00 e. The van der Waals surface area contributed by atoms with Crippen molar-refractivity contribution < 1.29 is 96.0 Å². The highest BCUT2D eigenvalue weighted by Gasteiger charge is 2.37. The molecule has 0 radical (unpaired) electrons. The van der Waals surface area contributed by atoms with Crippen molar-refractivity contribution in [3.05, 3.63) is 259 Å². The number of carbonyl (C=O) groups excluding carboxylic acids is 4. The van der Waals surface area contributed by atoms with Crippen molar-refractivity contribution >= 4 is 59.1 Å². The van der Waals surface area contributed by atoms with Gasteiger partial charge in [-0.05, 0) is 137 Å². The lowest BCUT2D eigenvalue weighted by Gasteiger charge is -2.26. The molecule has 0 spiro atoms. The molecule has 100 heavy (non-hydrogen) atoms. The summed E-state index contributed by atoms with van der Waals surface area (Å²) in [5, 5.41) is 43.8. The average molecular weight is 1560 g/mol. The topological polar surface area (TPSA) is 203 Å². The van der Waals surface area contributed by atoms with Gasteiger partial charge in [0.25, 0.3) is 23.4 Å². The number of hydrogen-bond acceptors (Lipinski definition) is 12. The van der Waals surface area contributed by atoms with Gasteiger partial charge in [0.2, 0.25) is 0 Å². The third kappa shape index (κ3) is 15.8. The number of ketones is 2. The quantitative estimate of drug-likeness (QED) is 0.0444. The zero-order valence-corrected chi connectivity index (χ0v) is 61.7. The van der Waals surface area contributed by atoms with E-state index in [4.69, 9.17) is 9.47 Å². The largest absolute Gasteiger partial charge is 1.00 e. The molecular weight excluding hydrogens is 1480 g/mol. The molecule has 4 aromatic heterocycles. The molecule has 0 atom stereocenters. The number of benzene rings is 6. The minimum absolute atomic E-state index is 0. The number of pyridine rings is 2. The predicted molar refractivity (Wildman–Crippen MR) is 375 cm³/mol. The van der Waals surface area contributed by atoms with Crippen LogP contribution in [-0.2, 0) is 86.4 Å². The number of fused-ring (bicyclic) bond motifs is 10. The van der Waals surface area contributed by atoms with Crippen LogP contribution in [0.1, 0.15) is 164 Å². The summed E-state index contributed by atoms with van der Waals surface area (Å²) < 4.78 is 21.7. The lowest BCUT2D eigenvalue weighted by atomic mass is 9.81. The fraction of sp³-hybridized carbons (Fsp3) is 0.275. The van der Waals surface area contributed by atoms with Crippen LogP contribution in [0.25, 0.3) is 24.3 Å². The number of phenolic OH excluding ortho intramolecular Hbond substituents is 2. The van der Waals surface area contributed by atoms with Gasteiger partial charge in [0.05, 0.1) is 61.2 Å². The second kappa shape index (κ2) is 30.0. The number of aryl methyl sites for hydroxylation is 4. The summed E-state index contributed by atoms with van der Waals surface area (Å²) in [6.07, 6.45) is 22.2. The second-order valence-electron chi connectivity index (χ2n) is 27.9. The summed E-state index contributed by atoms with van der Waals surface area (Å²) in [4.78, 5) is 54.7. The Morgan fingerprint density at radius 1 is 0.460 bits per heavy atom. The summed E-state index contributed by atoms with van der Waals surface area (Å²) in [7, 11) is 3.98. The third-order valence-electron chi connectivity index (χ3n) is 18.4. The highest BCUT2D eigenvalue weighted by Crippen LogP contribution is 2.43. The van der Waals surface area contributed by atoms with Crippen LogP contribution in [0.5, 0.6) is 23.0 Å². The molecule has 2 amide bonds. The van der Waals surface area contributed by atoms with Crippen LogP contribution in [-0.4, -0.2) is 76.8 Å². The van der Waals surface area contributed by atoms with Gasteiger partial charge in [-0.1, -0.05) is 125 Å². The van der Waals surface area contributed by atoms with Gasteiger partial charge in [0.15, 0.2) is 24.8 Å². The van der Waals surface area contributed by atoms with Gasteiger partial charge in [-0.15, -0.1) is 10.2 Å². The number of carbonyl (C=O) groups is 4. The molecule has 0 saturated carbocycles. The molecule has 1 aliphatic carbocycles. The Kier molecular flexibility index (Phi) is 21.5. The molecule has 0 fully saturated rings. The number of para-hydroxylation sites is 2. The standard InChI is InChI=1S/C80H78N10O8.2HI/c1-79(2,3)63-43-59-39-55-35-53(21-19-51-23-29-85(7)30-24-51)37-57(71(55)91)41-61-45-64(80(4,5)6)46-62(76(61)98-34-14-28-88-48-66(82-84-88)50-90-70-18-12-10-16-68(70)74(94)78(90)96)42-58-38-54(22-20-52-25-31-86(8)32-26-52)36-56(72(58)92)40-60(44-63)75(59)97-33-13-27-87-47-65(81-83-87)49-89-69-17-11-9-15-67(69)73(93)77(89)95;;/h9-12,15-26,29-32,35-38,43-48H,13-14,27-28,33-34,39-42,49-50H2,1-8H3;2*1H. The number of nitrogens with zero attached hydrogens (tertiary/aromatic N) is 10. The Bertz CT molecular complexity index is 4430. The zero-order chi connectivity index (χ0) is 68.6. The molecule has 2 N–H and O–H groups in total. The second-order valence-corrected chi connectivity index (χ2v) is 27.9. The molecule has 3 aliphatic rings. The van der Waals surface area contributed by atoms with Crippen LogP contribution in [0, 0.1) is 0 Å². The fourth-order valence-corrected chi connectivity index (χ4v) is 13.0. The molecule has 6 aromatic carbocycles.